The van der Waals surface area contributed by atoms with E-state index in [9.17, 15) is 4.79 Å². The number of benzene rings is 1. The average Bonchev–Trinajstić information content (AvgIpc) is 2.29. The summed E-state index contributed by atoms with van der Waals surface area (Å²) in [5.41, 5.74) is 2.48. The summed E-state index contributed by atoms with van der Waals surface area (Å²) in [6.07, 6.45) is 5.07. The summed E-state index contributed by atoms with van der Waals surface area (Å²) >= 11 is 0. The van der Waals surface area contributed by atoms with Crippen molar-refractivity contribution in [1.82, 2.24) is 10.2 Å². The van der Waals surface area contributed by atoms with Crippen molar-refractivity contribution in [3.63, 3.8) is 0 Å². The van der Waals surface area contributed by atoms with Gasteiger partial charge in [-0.3, -0.25) is 9.69 Å². The van der Waals surface area contributed by atoms with E-state index in [2.05, 4.69) is 30.3 Å². The molecule has 1 rings (SSSR count). The van der Waals surface area contributed by atoms with Gasteiger partial charge in [0.15, 0.2) is 0 Å². The van der Waals surface area contributed by atoms with Gasteiger partial charge in [-0.25, -0.2) is 0 Å². The molecule has 0 radical (unpaired) electrons. The van der Waals surface area contributed by atoms with Gasteiger partial charge in [-0.15, -0.1) is 6.42 Å². The van der Waals surface area contributed by atoms with Crippen LogP contribution in [0.3, 0.4) is 0 Å². The average molecular weight is 230 g/mol. The van der Waals surface area contributed by atoms with Crippen molar-refractivity contribution in [2.24, 2.45) is 0 Å². The van der Waals surface area contributed by atoms with Crippen molar-refractivity contribution in [3.8, 4) is 12.3 Å². The van der Waals surface area contributed by atoms with Crippen LogP contribution in [0.5, 0.6) is 0 Å². The third-order valence-corrected chi connectivity index (χ3v) is 2.50. The highest BCUT2D eigenvalue weighted by Gasteiger charge is 2.07. The Bertz CT molecular complexity index is 420. The van der Waals surface area contributed by atoms with E-state index in [4.69, 9.17) is 6.42 Å². The van der Waals surface area contributed by atoms with E-state index in [1.165, 1.54) is 11.1 Å². The molecule has 0 aliphatic heterocycles. The molecule has 0 aliphatic rings. The predicted octanol–water partition coefficient (Wildman–Crippen LogP) is 1.18. The minimum atomic E-state index is -0.0426. The molecule has 1 N–H and O–H groups in total. The Hall–Kier alpha value is -1.79. The van der Waals surface area contributed by atoms with Gasteiger partial charge in [0.25, 0.3) is 0 Å². The monoisotopic (exact) mass is 230 g/mol. The number of amides is 1. The Morgan fingerprint density at radius 2 is 2.18 bits per heavy atom. The molecule has 17 heavy (non-hydrogen) atoms. The second-order valence-electron chi connectivity index (χ2n) is 4.08. The second-order valence-corrected chi connectivity index (χ2v) is 4.08. The van der Waals surface area contributed by atoms with Crippen LogP contribution in [0.15, 0.2) is 24.3 Å². The minimum Gasteiger partial charge on any atom is -0.344 e. The first kappa shape index (κ1) is 13.3. The van der Waals surface area contributed by atoms with Crippen LogP contribution in [0.4, 0.5) is 0 Å². The molecule has 0 fully saturated rings. The number of rotatable bonds is 5. The van der Waals surface area contributed by atoms with Crippen LogP contribution in [0, 0.1) is 19.3 Å². The number of hydrogen-bond donors (Lipinski definition) is 1. The largest absolute Gasteiger partial charge is 0.344 e. The van der Waals surface area contributed by atoms with Gasteiger partial charge in [-0.1, -0.05) is 30.2 Å². The molecule has 0 bridgehead atoms. The quantitative estimate of drug-likeness (QED) is 0.770. The highest BCUT2D eigenvalue weighted by atomic mass is 16.1. The molecular formula is C14H18N2O. The second kappa shape index (κ2) is 6.72. The number of terminal acetylenes is 1. The van der Waals surface area contributed by atoms with Gasteiger partial charge in [0.1, 0.15) is 0 Å². The Balaban J connectivity index is 2.45. The van der Waals surface area contributed by atoms with Crippen LogP contribution in [0.1, 0.15) is 11.1 Å². The molecular weight excluding hydrogens is 212 g/mol. The molecule has 0 aliphatic carbocycles. The van der Waals surface area contributed by atoms with Crippen LogP contribution in [-0.4, -0.2) is 30.9 Å². The molecule has 3 nitrogen and oxygen atoms in total. The van der Waals surface area contributed by atoms with E-state index in [0.29, 0.717) is 6.54 Å². The maximum atomic E-state index is 11.4. The molecule has 1 aromatic rings. The van der Waals surface area contributed by atoms with Gasteiger partial charge in [0.2, 0.25) is 5.91 Å². The van der Waals surface area contributed by atoms with Gasteiger partial charge >= 0.3 is 0 Å². The van der Waals surface area contributed by atoms with E-state index in [0.717, 1.165) is 6.54 Å². The van der Waals surface area contributed by atoms with Crippen molar-refractivity contribution < 1.29 is 4.79 Å². The first-order chi connectivity index (χ1) is 8.13. The molecule has 0 unspecified atom stereocenters. The van der Waals surface area contributed by atoms with E-state index < -0.39 is 0 Å². The number of aryl methyl sites for hydroxylation is 1. The Morgan fingerprint density at radius 3 is 2.82 bits per heavy atom. The van der Waals surface area contributed by atoms with Crippen molar-refractivity contribution in [3.05, 3.63) is 35.4 Å². The summed E-state index contributed by atoms with van der Waals surface area (Å²) in [6.45, 7) is 3.48. The van der Waals surface area contributed by atoms with Gasteiger partial charge in [0.05, 0.1) is 13.1 Å². The zero-order chi connectivity index (χ0) is 12.7. The van der Waals surface area contributed by atoms with E-state index in [-0.39, 0.29) is 12.5 Å². The maximum Gasteiger partial charge on any atom is 0.234 e. The molecule has 0 spiro atoms. The third-order valence-electron chi connectivity index (χ3n) is 2.50. The van der Waals surface area contributed by atoms with Crippen molar-refractivity contribution in [1.29, 1.82) is 0 Å². The van der Waals surface area contributed by atoms with E-state index in [1.807, 2.05) is 24.1 Å². The summed E-state index contributed by atoms with van der Waals surface area (Å²) in [6, 6.07) is 8.17. The Labute approximate surface area is 103 Å². The van der Waals surface area contributed by atoms with Gasteiger partial charge < -0.3 is 5.32 Å². The molecule has 1 aromatic carbocycles. The smallest absolute Gasteiger partial charge is 0.234 e. The van der Waals surface area contributed by atoms with Crippen molar-refractivity contribution >= 4 is 5.91 Å². The molecule has 0 atom stereocenters. The Kier molecular flexibility index (Phi) is 5.25. The number of carbonyl (C=O) groups excluding carboxylic acids is 1. The van der Waals surface area contributed by atoms with Crippen molar-refractivity contribution in [2.75, 3.05) is 20.1 Å². The molecule has 0 saturated carbocycles. The first-order valence-corrected chi connectivity index (χ1v) is 5.56. The summed E-state index contributed by atoms with van der Waals surface area (Å²) < 4.78 is 0. The van der Waals surface area contributed by atoms with Gasteiger partial charge in [0, 0.05) is 6.54 Å². The highest BCUT2D eigenvalue weighted by Crippen LogP contribution is 2.08. The molecule has 3 heteroatoms. The fraction of sp³-hybridized carbons (Fsp3) is 0.357. The van der Waals surface area contributed by atoms with E-state index in [1.54, 1.807) is 0 Å². The normalized spacial score (nSPS) is 10.0. The fourth-order valence-corrected chi connectivity index (χ4v) is 1.58. The van der Waals surface area contributed by atoms with Crippen LogP contribution in [0.2, 0.25) is 0 Å². The lowest BCUT2D eigenvalue weighted by Crippen LogP contribution is -2.35. The van der Waals surface area contributed by atoms with Gasteiger partial charge in [-0.2, -0.15) is 0 Å². The zero-order valence-corrected chi connectivity index (χ0v) is 10.4. The lowest BCUT2D eigenvalue weighted by atomic mass is 10.1. The molecule has 0 heterocycles. The number of carbonyl (C=O) groups is 1. The summed E-state index contributed by atoms with van der Waals surface area (Å²) in [5.74, 6) is 2.34. The minimum absolute atomic E-state index is 0.0426. The molecule has 0 aromatic heterocycles. The van der Waals surface area contributed by atoms with E-state index >= 15 is 0 Å². The predicted molar refractivity (Wildman–Crippen MR) is 69.4 cm³/mol. The van der Waals surface area contributed by atoms with Gasteiger partial charge in [-0.05, 0) is 25.1 Å². The zero-order valence-electron chi connectivity index (χ0n) is 10.4. The lowest BCUT2D eigenvalue weighted by molar-refractivity contribution is -0.121. The highest BCUT2D eigenvalue weighted by molar-refractivity contribution is 5.78. The first-order valence-electron chi connectivity index (χ1n) is 5.56. The van der Waals surface area contributed by atoms with Crippen LogP contribution < -0.4 is 5.32 Å². The molecule has 1 amide bonds. The third kappa shape index (κ3) is 4.71. The van der Waals surface area contributed by atoms with Crippen LogP contribution in [-0.2, 0) is 11.3 Å². The van der Waals surface area contributed by atoms with Crippen LogP contribution in [0.25, 0.3) is 0 Å². The summed E-state index contributed by atoms with van der Waals surface area (Å²) in [7, 11) is 1.92. The van der Waals surface area contributed by atoms with Crippen LogP contribution >= 0.6 is 0 Å². The standard InChI is InChI=1S/C14H18N2O/c1-4-9-15-14(17)11-16(3)10-13-8-6-5-7-12(13)2/h1,5-8H,9-11H2,2-3H3,(H,15,17). The topological polar surface area (TPSA) is 32.3 Å². The fourth-order valence-electron chi connectivity index (χ4n) is 1.58. The Morgan fingerprint density at radius 1 is 1.47 bits per heavy atom. The number of likely N-dealkylation sites (N-methyl/N-ethyl adjacent to an activating group) is 1. The summed E-state index contributed by atoms with van der Waals surface area (Å²) in [5, 5.41) is 2.65. The number of nitrogens with one attached hydrogen (secondary N) is 1. The van der Waals surface area contributed by atoms with Crippen molar-refractivity contribution in [2.45, 2.75) is 13.5 Å². The number of nitrogens with zero attached hydrogens (tertiary/aromatic N) is 1. The summed E-state index contributed by atoms with van der Waals surface area (Å²) in [4.78, 5) is 13.4. The molecule has 0 saturated heterocycles. The maximum absolute atomic E-state index is 11.4. The SMILES string of the molecule is C#CCNC(=O)CN(C)Cc1ccccc1C. The lowest BCUT2D eigenvalue weighted by Gasteiger charge is -2.17. The molecule has 90 valence electrons. The number of hydrogen-bond acceptors (Lipinski definition) is 2.